The average Bonchev–Trinajstić information content (AvgIpc) is 3.37. The first-order chi connectivity index (χ1) is 15.2. The second-order valence-electron chi connectivity index (χ2n) is 6.51. The minimum Gasteiger partial charge on any atom is -0.493 e. The standard InChI is InChI=1S/C23H20N4O4/c1-29-20-11-16(12-28)21(23(31-3)22(20)30-2)17-10-15(18-6-4-5-9-25-18)7-8-19(17)27-14-24-13-26-27/h4-14H,1-3H3. The van der Waals surface area contributed by atoms with Gasteiger partial charge in [0.05, 0.1) is 32.7 Å². The van der Waals surface area contributed by atoms with Crippen molar-refractivity contribution < 1.29 is 19.0 Å². The summed E-state index contributed by atoms with van der Waals surface area (Å²) < 4.78 is 18.3. The third kappa shape index (κ3) is 3.59. The van der Waals surface area contributed by atoms with Gasteiger partial charge in [0.2, 0.25) is 5.75 Å². The van der Waals surface area contributed by atoms with E-state index in [-0.39, 0.29) is 0 Å². The molecule has 2 aromatic carbocycles. The molecule has 2 heterocycles. The van der Waals surface area contributed by atoms with Crippen LogP contribution in [0.15, 0.2) is 61.3 Å². The summed E-state index contributed by atoms with van der Waals surface area (Å²) in [4.78, 5) is 20.6. The van der Waals surface area contributed by atoms with Gasteiger partial charge in [0, 0.05) is 28.5 Å². The number of pyridine rings is 1. The molecule has 0 fully saturated rings. The summed E-state index contributed by atoms with van der Waals surface area (Å²) in [5.41, 5.74) is 4.01. The zero-order valence-corrected chi connectivity index (χ0v) is 17.3. The molecule has 0 unspecified atom stereocenters. The Labute approximate surface area is 179 Å². The second kappa shape index (κ2) is 8.66. The highest BCUT2D eigenvalue weighted by atomic mass is 16.5. The molecule has 2 aromatic heterocycles. The van der Waals surface area contributed by atoms with Crippen molar-refractivity contribution in [3.8, 4) is 45.3 Å². The lowest BCUT2D eigenvalue weighted by atomic mass is 9.94. The lowest BCUT2D eigenvalue weighted by Crippen LogP contribution is -2.04. The first-order valence-electron chi connectivity index (χ1n) is 9.40. The molecule has 0 amide bonds. The van der Waals surface area contributed by atoms with Crippen molar-refractivity contribution in [2.24, 2.45) is 0 Å². The van der Waals surface area contributed by atoms with Gasteiger partial charge in [0.15, 0.2) is 17.8 Å². The zero-order valence-electron chi connectivity index (χ0n) is 17.3. The number of ether oxygens (including phenoxy) is 3. The number of carbonyl (C=O) groups is 1. The van der Waals surface area contributed by atoms with Crippen LogP contribution in [-0.2, 0) is 0 Å². The molecule has 0 aliphatic rings. The largest absolute Gasteiger partial charge is 0.493 e. The topological polar surface area (TPSA) is 88.4 Å². The molecule has 0 spiro atoms. The summed E-state index contributed by atoms with van der Waals surface area (Å²) in [7, 11) is 4.55. The molecule has 8 nitrogen and oxygen atoms in total. The minimum atomic E-state index is 0.378. The predicted molar refractivity (Wildman–Crippen MR) is 115 cm³/mol. The van der Waals surface area contributed by atoms with Crippen molar-refractivity contribution in [1.29, 1.82) is 0 Å². The molecule has 0 saturated heterocycles. The fourth-order valence-corrected chi connectivity index (χ4v) is 3.51. The van der Waals surface area contributed by atoms with Gasteiger partial charge in [0.25, 0.3) is 0 Å². The number of aldehydes is 1. The van der Waals surface area contributed by atoms with Crippen LogP contribution in [0, 0.1) is 0 Å². The maximum Gasteiger partial charge on any atom is 0.203 e. The predicted octanol–water partition coefficient (Wildman–Crippen LogP) is 3.83. The van der Waals surface area contributed by atoms with Gasteiger partial charge in [-0.1, -0.05) is 12.1 Å². The Bertz CT molecular complexity index is 1210. The van der Waals surface area contributed by atoms with E-state index in [2.05, 4.69) is 15.1 Å². The van der Waals surface area contributed by atoms with Crippen LogP contribution in [0.25, 0.3) is 28.1 Å². The summed E-state index contributed by atoms with van der Waals surface area (Å²) in [6, 6.07) is 13.1. The number of methoxy groups -OCH3 is 3. The highest BCUT2D eigenvalue weighted by Gasteiger charge is 2.24. The van der Waals surface area contributed by atoms with E-state index in [9.17, 15) is 4.79 Å². The molecule has 0 N–H and O–H groups in total. The monoisotopic (exact) mass is 416 g/mol. The van der Waals surface area contributed by atoms with Crippen molar-refractivity contribution in [3.63, 3.8) is 0 Å². The smallest absolute Gasteiger partial charge is 0.203 e. The number of nitrogens with zero attached hydrogens (tertiary/aromatic N) is 4. The van der Waals surface area contributed by atoms with Crippen LogP contribution in [0.5, 0.6) is 17.2 Å². The van der Waals surface area contributed by atoms with Gasteiger partial charge in [-0.05, 0) is 30.3 Å². The van der Waals surface area contributed by atoms with Crippen LogP contribution in [0.2, 0.25) is 0 Å². The van der Waals surface area contributed by atoms with Gasteiger partial charge in [-0.25, -0.2) is 9.67 Å². The Hall–Kier alpha value is -4.20. The summed E-state index contributed by atoms with van der Waals surface area (Å²) in [5.74, 6) is 1.16. The highest BCUT2D eigenvalue weighted by Crippen LogP contribution is 2.48. The molecule has 4 rings (SSSR count). The number of benzene rings is 2. The minimum absolute atomic E-state index is 0.378. The fraction of sp³-hybridized carbons (Fsp3) is 0.130. The van der Waals surface area contributed by atoms with Gasteiger partial charge in [-0.2, -0.15) is 5.10 Å². The van der Waals surface area contributed by atoms with Crippen molar-refractivity contribution in [3.05, 3.63) is 66.9 Å². The Morgan fingerprint density at radius 2 is 1.81 bits per heavy atom. The van der Waals surface area contributed by atoms with Crippen LogP contribution in [0.1, 0.15) is 10.4 Å². The van der Waals surface area contributed by atoms with E-state index in [0.29, 0.717) is 39.6 Å². The van der Waals surface area contributed by atoms with Gasteiger partial charge in [-0.3, -0.25) is 9.78 Å². The molecular weight excluding hydrogens is 396 g/mol. The number of hydrogen-bond acceptors (Lipinski definition) is 7. The fourth-order valence-electron chi connectivity index (χ4n) is 3.51. The Balaban J connectivity index is 2.08. The van der Waals surface area contributed by atoms with Crippen LogP contribution >= 0.6 is 0 Å². The van der Waals surface area contributed by atoms with E-state index in [1.54, 1.807) is 23.3 Å². The molecular formula is C23H20N4O4. The van der Waals surface area contributed by atoms with E-state index in [0.717, 1.165) is 17.5 Å². The maximum atomic E-state index is 12.1. The maximum absolute atomic E-state index is 12.1. The summed E-state index contributed by atoms with van der Waals surface area (Å²) >= 11 is 0. The first-order valence-corrected chi connectivity index (χ1v) is 9.40. The highest BCUT2D eigenvalue weighted by molar-refractivity contribution is 5.96. The molecule has 8 heteroatoms. The SMILES string of the molecule is COc1cc(C=O)c(-c2cc(-c3ccccn3)ccc2-n2cncn2)c(OC)c1OC. The van der Waals surface area contributed by atoms with Crippen molar-refractivity contribution in [1.82, 2.24) is 19.7 Å². The van der Waals surface area contributed by atoms with Crippen LogP contribution in [0.3, 0.4) is 0 Å². The lowest BCUT2D eigenvalue weighted by Gasteiger charge is -2.20. The van der Waals surface area contributed by atoms with Crippen LogP contribution in [-0.4, -0.2) is 47.4 Å². The van der Waals surface area contributed by atoms with E-state index in [4.69, 9.17) is 14.2 Å². The van der Waals surface area contributed by atoms with Gasteiger partial charge in [0.1, 0.15) is 12.7 Å². The third-order valence-corrected chi connectivity index (χ3v) is 4.88. The molecule has 4 aromatic rings. The molecule has 0 saturated carbocycles. The zero-order chi connectivity index (χ0) is 21.8. The van der Waals surface area contributed by atoms with Crippen LogP contribution < -0.4 is 14.2 Å². The lowest BCUT2D eigenvalue weighted by molar-refractivity contribution is 0.112. The molecule has 156 valence electrons. The van der Waals surface area contributed by atoms with E-state index < -0.39 is 0 Å². The van der Waals surface area contributed by atoms with Gasteiger partial charge in [-0.15, -0.1) is 0 Å². The van der Waals surface area contributed by atoms with E-state index in [1.165, 1.54) is 27.7 Å². The van der Waals surface area contributed by atoms with E-state index in [1.807, 2.05) is 36.4 Å². The molecule has 0 aliphatic carbocycles. The van der Waals surface area contributed by atoms with Gasteiger partial charge < -0.3 is 14.2 Å². The number of hydrogen-bond donors (Lipinski definition) is 0. The van der Waals surface area contributed by atoms with Crippen molar-refractivity contribution >= 4 is 6.29 Å². The number of rotatable bonds is 7. The Kier molecular flexibility index (Phi) is 5.61. The normalized spacial score (nSPS) is 10.5. The number of aromatic nitrogens is 4. The molecule has 0 radical (unpaired) electrons. The molecule has 0 atom stereocenters. The Morgan fingerprint density at radius 1 is 0.968 bits per heavy atom. The number of carbonyl (C=O) groups excluding carboxylic acids is 1. The second-order valence-corrected chi connectivity index (χ2v) is 6.51. The summed E-state index contributed by atoms with van der Waals surface area (Å²) in [6.07, 6.45) is 5.53. The van der Waals surface area contributed by atoms with Crippen molar-refractivity contribution in [2.45, 2.75) is 0 Å². The molecule has 0 bridgehead atoms. The summed E-state index contributed by atoms with van der Waals surface area (Å²) in [5, 5.41) is 4.27. The van der Waals surface area contributed by atoms with Crippen molar-refractivity contribution in [2.75, 3.05) is 21.3 Å². The van der Waals surface area contributed by atoms with Gasteiger partial charge >= 0.3 is 0 Å². The summed E-state index contributed by atoms with van der Waals surface area (Å²) in [6.45, 7) is 0. The molecule has 31 heavy (non-hydrogen) atoms. The molecule has 0 aliphatic heterocycles. The third-order valence-electron chi connectivity index (χ3n) is 4.88. The quantitative estimate of drug-likeness (QED) is 0.423. The average molecular weight is 416 g/mol. The van der Waals surface area contributed by atoms with Crippen LogP contribution in [0.4, 0.5) is 0 Å². The first kappa shape index (κ1) is 20.1. The van der Waals surface area contributed by atoms with E-state index >= 15 is 0 Å². The Morgan fingerprint density at radius 3 is 2.42 bits per heavy atom.